The van der Waals surface area contributed by atoms with Crippen LogP contribution in [0.25, 0.3) is 0 Å². The van der Waals surface area contributed by atoms with E-state index >= 15 is 0 Å². The summed E-state index contributed by atoms with van der Waals surface area (Å²) in [5, 5.41) is 2.87. The molecule has 0 aromatic heterocycles. The van der Waals surface area contributed by atoms with Crippen molar-refractivity contribution < 1.29 is 13.9 Å². The van der Waals surface area contributed by atoms with E-state index in [-0.39, 0.29) is 29.2 Å². The van der Waals surface area contributed by atoms with Crippen molar-refractivity contribution in [2.24, 2.45) is 11.7 Å². The SMILES string of the molecule is COc1ccc(C(=O)NC(CCN)C(C)C)cc1F. The molecule has 106 valence electrons. The molecule has 1 aromatic carbocycles. The average Bonchev–Trinajstić information content (AvgIpc) is 2.37. The van der Waals surface area contributed by atoms with Gasteiger partial charge < -0.3 is 15.8 Å². The summed E-state index contributed by atoms with van der Waals surface area (Å²) in [7, 11) is 1.38. The van der Waals surface area contributed by atoms with Gasteiger partial charge >= 0.3 is 0 Å². The number of halogens is 1. The molecular weight excluding hydrogens is 247 g/mol. The Labute approximate surface area is 113 Å². The smallest absolute Gasteiger partial charge is 0.251 e. The number of benzene rings is 1. The van der Waals surface area contributed by atoms with Crippen molar-refractivity contribution in [2.75, 3.05) is 13.7 Å². The molecule has 4 nitrogen and oxygen atoms in total. The standard InChI is InChI=1S/C14H21FN2O2/c1-9(2)12(6-7-16)17-14(18)10-4-5-13(19-3)11(15)8-10/h4-5,8-9,12H,6-7,16H2,1-3H3,(H,17,18). The van der Waals surface area contributed by atoms with Crippen LogP contribution in [0.4, 0.5) is 4.39 Å². The lowest BCUT2D eigenvalue weighted by molar-refractivity contribution is 0.0923. The molecular formula is C14H21FN2O2. The largest absolute Gasteiger partial charge is 0.494 e. The van der Waals surface area contributed by atoms with Gasteiger partial charge in [-0.25, -0.2) is 4.39 Å². The molecule has 3 N–H and O–H groups in total. The first-order valence-corrected chi connectivity index (χ1v) is 6.34. The van der Waals surface area contributed by atoms with Crippen LogP contribution in [0.1, 0.15) is 30.6 Å². The number of nitrogens with one attached hydrogen (secondary N) is 1. The molecule has 0 aliphatic heterocycles. The second-order valence-electron chi connectivity index (χ2n) is 4.75. The minimum Gasteiger partial charge on any atom is -0.494 e. The number of amides is 1. The van der Waals surface area contributed by atoms with Gasteiger partial charge in [0.2, 0.25) is 0 Å². The van der Waals surface area contributed by atoms with Gasteiger partial charge in [-0.3, -0.25) is 4.79 Å². The molecule has 1 amide bonds. The number of hydrogen-bond donors (Lipinski definition) is 2. The molecule has 0 spiro atoms. The van der Waals surface area contributed by atoms with Crippen LogP contribution in [0.5, 0.6) is 5.75 Å². The molecule has 0 saturated heterocycles. The van der Waals surface area contributed by atoms with Gasteiger partial charge in [0.05, 0.1) is 7.11 Å². The van der Waals surface area contributed by atoms with E-state index in [4.69, 9.17) is 10.5 Å². The van der Waals surface area contributed by atoms with E-state index < -0.39 is 5.82 Å². The third-order valence-electron chi connectivity index (χ3n) is 3.01. The first-order chi connectivity index (χ1) is 8.99. The van der Waals surface area contributed by atoms with E-state index in [1.165, 1.54) is 25.3 Å². The van der Waals surface area contributed by atoms with Gasteiger partial charge in [0.1, 0.15) is 0 Å². The zero-order valence-electron chi connectivity index (χ0n) is 11.6. The predicted octanol–water partition coefficient (Wildman–Crippen LogP) is 1.94. The molecule has 1 aromatic rings. The van der Waals surface area contributed by atoms with Crippen molar-refractivity contribution in [2.45, 2.75) is 26.3 Å². The van der Waals surface area contributed by atoms with E-state index in [9.17, 15) is 9.18 Å². The Hall–Kier alpha value is -1.62. The topological polar surface area (TPSA) is 64.3 Å². The van der Waals surface area contributed by atoms with Crippen LogP contribution in [-0.4, -0.2) is 25.6 Å². The molecule has 1 atom stereocenters. The molecule has 1 unspecified atom stereocenters. The Morgan fingerprint density at radius 1 is 1.47 bits per heavy atom. The van der Waals surface area contributed by atoms with Gasteiger partial charge in [-0.15, -0.1) is 0 Å². The van der Waals surface area contributed by atoms with Crippen LogP contribution in [0.15, 0.2) is 18.2 Å². The van der Waals surface area contributed by atoms with Crippen LogP contribution in [0, 0.1) is 11.7 Å². The summed E-state index contributed by atoms with van der Waals surface area (Å²) in [5.74, 6) is -0.446. The Morgan fingerprint density at radius 3 is 2.63 bits per heavy atom. The van der Waals surface area contributed by atoms with E-state index in [0.29, 0.717) is 13.0 Å². The van der Waals surface area contributed by atoms with E-state index in [0.717, 1.165) is 0 Å². The maximum absolute atomic E-state index is 13.5. The zero-order valence-corrected chi connectivity index (χ0v) is 11.6. The lowest BCUT2D eigenvalue weighted by Gasteiger charge is -2.21. The maximum Gasteiger partial charge on any atom is 0.251 e. The van der Waals surface area contributed by atoms with Crippen molar-refractivity contribution in [3.05, 3.63) is 29.6 Å². The average molecular weight is 268 g/mol. The highest BCUT2D eigenvalue weighted by molar-refractivity contribution is 5.94. The van der Waals surface area contributed by atoms with Gasteiger partial charge in [-0.1, -0.05) is 13.8 Å². The fourth-order valence-corrected chi connectivity index (χ4v) is 1.81. The summed E-state index contributed by atoms with van der Waals surface area (Å²) in [6, 6.07) is 4.14. The van der Waals surface area contributed by atoms with Crippen molar-refractivity contribution in [3.8, 4) is 5.75 Å². The molecule has 0 fully saturated rings. The quantitative estimate of drug-likeness (QED) is 0.828. The second-order valence-corrected chi connectivity index (χ2v) is 4.75. The maximum atomic E-state index is 13.5. The van der Waals surface area contributed by atoms with Crippen molar-refractivity contribution in [1.82, 2.24) is 5.32 Å². The zero-order chi connectivity index (χ0) is 14.4. The summed E-state index contributed by atoms with van der Waals surface area (Å²) in [6.07, 6.45) is 0.696. The fourth-order valence-electron chi connectivity index (χ4n) is 1.81. The molecule has 0 aliphatic rings. The van der Waals surface area contributed by atoms with Gasteiger partial charge in [-0.05, 0) is 37.1 Å². The molecule has 1 rings (SSSR count). The van der Waals surface area contributed by atoms with E-state index in [2.05, 4.69) is 5.32 Å². The lowest BCUT2D eigenvalue weighted by Crippen LogP contribution is -2.39. The summed E-state index contributed by atoms with van der Waals surface area (Å²) >= 11 is 0. The van der Waals surface area contributed by atoms with Crippen LogP contribution in [0.3, 0.4) is 0 Å². The van der Waals surface area contributed by atoms with Crippen LogP contribution < -0.4 is 15.8 Å². The Kier molecular flexibility index (Phi) is 5.76. The highest BCUT2D eigenvalue weighted by Gasteiger charge is 2.17. The molecule has 0 heterocycles. The molecule has 19 heavy (non-hydrogen) atoms. The predicted molar refractivity (Wildman–Crippen MR) is 72.7 cm³/mol. The molecule has 0 bridgehead atoms. The first kappa shape index (κ1) is 15.4. The number of rotatable bonds is 6. The minimum atomic E-state index is -0.546. The summed E-state index contributed by atoms with van der Waals surface area (Å²) in [5.41, 5.74) is 5.79. The van der Waals surface area contributed by atoms with Crippen molar-refractivity contribution >= 4 is 5.91 Å². The molecule has 5 heteroatoms. The fraction of sp³-hybridized carbons (Fsp3) is 0.500. The van der Waals surface area contributed by atoms with Crippen molar-refractivity contribution in [3.63, 3.8) is 0 Å². The van der Waals surface area contributed by atoms with Crippen LogP contribution in [-0.2, 0) is 0 Å². The molecule has 0 saturated carbocycles. The minimum absolute atomic E-state index is 0.0114. The summed E-state index contributed by atoms with van der Waals surface area (Å²) in [6.45, 7) is 4.52. The van der Waals surface area contributed by atoms with Gasteiger partial charge in [0, 0.05) is 11.6 Å². The Morgan fingerprint density at radius 2 is 2.16 bits per heavy atom. The van der Waals surface area contributed by atoms with Gasteiger partial charge in [0.15, 0.2) is 11.6 Å². The monoisotopic (exact) mass is 268 g/mol. The summed E-state index contributed by atoms with van der Waals surface area (Å²) in [4.78, 5) is 12.0. The number of nitrogens with two attached hydrogens (primary N) is 1. The third kappa shape index (κ3) is 4.21. The number of hydrogen-bond acceptors (Lipinski definition) is 3. The number of carbonyl (C=O) groups excluding carboxylic acids is 1. The first-order valence-electron chi connectivity index (χ1n) is 6.34. The van der Waals surface area contributed by atoms with E-state index in [1.54, 1.807) is 0 Å². The van der Waals surface area contributed by atoms with Crippen molar-refractivity contribution in [1.29, 1.82) is 0 Å². The van der Waals surface area contributed by atoms with Gasteiger partial charge in [0.25, 0.3) is 5.91 Å². The molecule has 0 aliphatic carbocycles. The second kappa shape index (κ2) is 7.09. The normalized spacial score (nSPS) is 12.3. The molecule has 0 radical (unpaired) electrons. The summed E-state index contributed by atoms with van der Waals surface area (Å²) < 4.78 is 18.3. The van der Waals surface area contributed by atoms with E-state index in [1.807, 2.05) is 13.8 Å². The van der Waals surface area contributed by atoms with Gasteiger partial charge in [-0.2, -0.15) is 0 Å². The highest BCUT2D eigenvalue weighted by atomic mass is 19.1. The number of methoxy groups -OCH3 is 1. The highest BCUT2D eigenvalue weighted by Crippen LogP contribution is 2.18. The van der Waals surface area contributed by atoms with Crippen LogP contribution >= 0.6 is 0 Å². The Bertz CT molecular complexity index is 435. The Balaban J connectivity index is 2.79. The number of ether oxygens (including phenoxy) is 1. The third-order valence-corrected chi connectivity index (χ3v) is 3.01. The van der Waals surface area contributed by atoms with Crippen LogP contribution in [0.2, 0.25) is 0 Å². The lowest BCUT2D eigenvalue weighted by atomic mass is 10.0. The number of carbonyl (C=O) groups is 1.